The summed E-state index contributed by atoms with van der Waals surface area (Å²) < 4.78 is 2.23. The lowest BCUT2D eigenvalue weighted by Gasteiger charge is -2.02. The first-order valence-corrected chi connectivity index (χ1v) is 7.41. The van der Waals surface area contributed by atoms with E-state index in [0.717, 1.165) is 37.6 Å². The van der Waals surface area contributed by atoms with Crippen molar-refractivity contribution in [2.45, 2.75) is 51.2 Å². The molecule has 1 saturated carbocycles. The van der Waals surface area contributed by atoms with Gasteiger partial charge in [0.05, 0.1) is 6.07 Å². The number of aryl methyl sites for hydroxylation is 1. The standard InChI is InChI=1S/C16H20N4/c17-8-2-1-3-10-20-12-13(11-19-14-6-7-14)15-5-4-9-18-16(15)20/h4-5,9,12,14,19H,1-3,6-7,10-11H2. The maximum absolute atomic E-state index is 8.59. The van der Waals surface area contributed by atoms with Gasteiger partial charge in [0.1, 0.15) is 5.65 Å². The van der Waals surface area contributed by atoms with Crippen LogP contribution in [-0.4, -0.2) is 15.6 Å². The molecule has 2 heterocycles. The normalized spacial score (nSPS) is 14.6. The molecule has 0 unspecified atom stereocenters. The third-order valence-electron chi connectivity index (χ3n) is 3.81. The third-order valence-corrected chi connectivity index (χ3v) is 3.81. The Bertz CT molecular complexity index is 619. The summed E-state index contributed by atoms with van der Waals surface area (Å²) in [5.41, 5.74) is 2.40. The minimum atomic E-state index is 0.642. The number of hydrogen-bond acceptors (Lipinski definition) is 3. The second kappa shape index (κ2) is 6.06. The van der Waals surface area contributed by atoms with E-state index in [1.807, 2.05) is 12.3 Å². The summed E-state index contributed by atoms with van der Waals surface area (Å²) in [6.07, 6.45) is 9.33. The van der Waals surface area contributed by atoms with Gasteiger partial charge in [-0.25, -0.2) is 4.98 Å². The number of unbranched alkanes of at least 4 members (excludes halogenated alkanes) is 2. The number of nitrogens with one attached hydrogen (secondary N) is 1. The van der Waals surface area contributed by atoms with Crippen LogP contribution in [0, 0.1) is 11.3 Å². The molecule has 0 radical (unpaired) electrons. The lowest BCUT2D eigenvalue weighted by Crippen LogP contribution is -2.14. The van der Waals surface area contributed by atoms with Gasteiger partial charge in [0, 0.05) is 43.3 Å². The molecule has 1 N–H and O–H groups in total. The van der Waals surface area contributed by atoms with Gasteiger partial charge in [0.2, 0.25) is 0 Å². The summed E-state index contributed by atoms with van der Waals surface area (Å²) >= 11 is 0. The van der Waals surface area contributed by atoms with Crippen molar-refractivity contribution in [3.05, 3.63) is 30.1 Å². The molecule has 104 valence electrons. The Morgan fingerprint density at radius 3 is 3.10 bits per heavy atom. The van der Waals surface area contributed by atoms with Crippen LogP contribution in [-0.2, 0) is 13.1 Å². The Morgan fingerprint density at radius 1 is 1.40 bits per heavy atom. The van der Waals surface area contributed by atoms with E-state index in [2.05, 4.69) is 33.2 Å². The predicted octanol–water partition coefficient (Wildman–Crippen LogP) is 2.98. The van der Waals surface area contributed by atoms with Gasteiger partial charge in [0.25, 0.3) is 0 Å². The Kier molecular flexibility index (Phi) is 3.98. The van der Waals surface area contributed by atoms with Crippen LogP contribution in [0.5, 0.6) is 0 Å². The molecule has 0 atom stereocenters. The van der Waals surface area contributed by atoms with Crippen LogP contribution >= 0.6 is 0 Å². The second-order valence-electron chi connectivity index (χ2n) is 5.49. The van der Waals surface area contributed by atoms with Crippen molar-refractivity contribution < 1.29 is 0 Å². The molecular formula is C16H20N4. The zero-order chi connectivity index (χ0) is 13.8. The molecule has 1 aliphatic carbocycles. The summed E-state index contributed by atoms with van der Waals surface area (Å²) in [5, 5.41) is 13.4. The van der Waals surface area contributed by atoms with E-state index in [-0.39, 0.29) is 0 Å². The number of rotatable bonds is 7. The number of nitriles is 1. The number of fused-ring (bicyclic) bond motifs is 1. The van der Waals surface area contributed by atoms with Crippen molar-refractivity contribution in [3.8, 4) is 6.07 Å². The molecule has 1 aliphatic rings. The van der Waals surface area contributed by atoms with Gasteiger partial charge >= 0.3 is 0 Å². The molecule has 2 aromatic rings. The molecule has 4 heteroatoms. The highest BCUT2D eigenvalue weighted by Gasteiger charge is 2.20. The quantitative estimate of drug-likeness (QED) is 0.785. The van der Waals surface area contributed by atoms with Crippen molar-refractivity contribution in [1.82, 2.24) is 14.9 Å². The van der Waals surface area contributed by atoms with Crippen LogP contribution in [0.1, 0.15) is 37.7 Å². The summed E-state index contributed by atoms with van der Waals surface area (Å²) in [5.74, 6) is 0. The van der Waals surface area contributed by atoms with E-state index < -0.39 is 0 Å². The monoisotopic (exact) mass is 268 g/mol. The molecular weight excluding hydrogens is 248 g/mol. The average Bonchev–Trinajstić information content (AvgIpc) is 3.24. The molecule has 4 nitrogen and oxygen atoms in total. The van der Waals surface area contributed by atoms with E-state index in [1.54, 1.807) is 0 Å². The van der Waals surface area contributed by atoms with Gasteiger partial charge in [-0.05, 0) is 43.4 Å². The SMILES string of the molecule is N#CCCCCn1cc(CNC2CC2)c2cccnc21. The van der Waals surface area contributed by atoms with E-state index in [4.69, 9.17) is 5.26 Å². The Labute approximate surface area is 119 Å². The Morgan fingerprint density at radius 2 is 2.30 bits per heavy atom. The first-order valence-electron chi connectivity index (χ1n) is 7.41. The summed E-state index contributed by atoms with van der Waals surface area (Å²) in [7, 11) is 0. The molecule has 20 heavy (non-hydrogen) atoms. The second-order valence-corrected chi connectivity index (χ2v) is 5.49. The van der Waals surface area contributed by atoms with E-state index in [0.29, 0.717) is 6.42 Å². The van der Waals surface area contributed by atoms with Crippen LogP contribution < -0.4 is 5.32 Å². The fourth-order valence-corrected chi connectivity index (χ4v) is 2.53. The van der Waals surface area contributed by atoms with Crippen LogP contribution in [0.2, 0.25) is 0 Å². The summed E-state index contributed by atoms with van der Waals surface area (Å²) in [6.45, 7) is 1.87. The van der Waals surface area contributed by atoms with Gasteiger partial charge < -0.3 is 9.88 Å². The van der Waals surface area contributed by atoms with E-state index in [9.17, 15) is 0 Å². The third kappa shape index (κ3) is 3.00. The molecule has 0 aromatic carbocycles. The molecule has 0 aliphatic heterocycles. The number of hydrogen-bond donors (Lipinski definition) is 1. The Hall–Kier alpha value is -1.86. The molecule has 0 bridgehead atoms. The predicted molar refractivity (Wildman–Crippen MR) is 79.1 cm³/mol. The highest BCUT2D eigenvalue weighted by Crippen LogP contribution is 2.23. The van der Waals surface area contributed by atoms with Crippen LogP contribution in [0.3, 0.4) is 0 Å². The first-order chi connectivity index (χ1) is 9.88. The van der Waals surface area contributed by atoms with Crippen molar-refractivity contribution in [3.63, 3.8) is 0 Å². The fourth-order valence-electron chi connectivity index (χ4n) is 2.53. The zero-order valence-electron chi connectivity index (χ0n) is 11.7. The maximum Gasteiger partial charge on any atom is 0.140 e. The highest BCUT2D eigenvalue weighted by atomic mass is 15.0. The van der Waals surface area contributed by atoms with Crippen molar-refractivity contribution in [2.24, 2.45) is 0 Å². The number of pyridine rings is 1. The van der Waals surface area contributed by atoms with Gasteiger partial charge in [-0.2, -0.15) is 5.26 Å². The molecule has 1 fully saturated rings. The average molecular weight is 268 g/mol. The van der Waals surface area contributed by atoms with Crippen molar-refractivity contribution in [2.75, 3.05) is 0 Å². The van der Waals surface area contributed by atoms with Gasteiger partial charge in [-0.15, -0.1) is 0 Å². The number of aromatic nitrogens is 2. The van der Waals surface area contributed by atoms with Crippen molar-refractivity contribution in [1.29, 1.82) is 5.26 Å². The molecule has 0 amide bonds. The zero-order valence-corrected chi connectivity index (χ0v) is 11.7. The van der Waals surface area contributed by atoms with Crippen molar-refractivity contribution >= 4 is 11.0 Å². The molecule has 2 aromatic heterocycles. The van der Waals surface area contributed by atoms with E-state index >= 15 is 0 Å². The van der Waals surface area contributed by atoms with Gasteiger partial charge in [0.15, 0.2) is 0 Å². The number of nitrogens with zero attached hydrogens (tertiary/aromatic N) is 3. The van der Waals surface area contributed by atoms with E-state index in [1.165, 1.54) is 23.8 Å². The molecule has 3 rings (SSSR count). The summed E-state index contributed by atoms with van der Waals surface area (Å²) in [6, 6.07) is 7.08. The van der Waals surface area contributed by atoms with Crippen LogP contribution in [0.4, 0.5) is 0 Å². The highest BCUT2D eigenvalue weighted by molar-refractivity contribution is 5.80. The summed E-state index contributed by atoms with van der Waals surface area (Å²) in [4.78, 5) is 4.51. The fraction of sp³-hybridized carbons (Fsp3) is 0.500. The largest absolute Gasteiger partial charge is 0.332 e. The minimum absolute atomic E-state index is 0.642. The van der Waals surface area contributed by atoms with Crippen LogP contribution in [0.25, 0.3) is 11.0 Å². The van der Waals surface area contributed by atoms with Gasteiger partial charge in [-0.3, -0.25) is 0 Å². The minimum Gasteiger partial charge on any atom is -0.332 e. The van der Waals surface area contributed by atoms with Crippen LogP contribution in [0.15, 0.2) is 24.5 Å². The molecule has 0 saturated heterocycles. The molecule has 0 spiro atoms. The Balaban J connectivity index is 1.74. The topological polar surface area (TPSA) is 53.6 Å². The first kappa shape index (κ1) is 13.1. The smallest absolute Gasteiger partial charge is 0.140 e. The van der Waals surface area contributed by atoms with Gasteiger partial charge in [-0.1, -0.05) is 0 Å². The maximum atomic E-state index is 8.59. The lowest BCUT2D eigenvalue weighted by molar-refractivity contribution is 0.624. The lowest BCUT2D eigenvalue weighted by atomic mass is 10.2.